The zero-order valence-electron chi connectivity index (χ0n) is 15.5. The fourth-order valence-electron chi connectivity index (χ4n) is 2.53. The van der Waals surface area contributed by atoms with Crippen LogP contribution >= 0.6 is 34.5 Å². The lowest BCUT2D eigenvalue weighted by molar-refractivity contribution is -0.122. The molecule has 29 heavy (non-hydrogen) atoms. The first-order chi connectivity index (χ1) is 14.0. The second kappa shape index (κ2) is 10.6. The van der Waals surface area contributed by atoms with Gasteiger partial charge >= 0.3 is 0 Å². The van der Waals surface area contributed by atoms with Crippen molar-refractivity contribution in [1.82, 2.24) is 15.8 Å². The normalized spacial score (nSPS) is 13.8. The molecule has 2 heterocycles. The Bertz CT molecular complexity index is 858. The predicted molar refractivity (Wildman–Crippen MR) is 112 cm³/mol. The molecule has 0 saturated carbocycles. The van der Waals surface area contributed by atoms with E-state index in [1.165, 1.54) is 11.3 Å². The maximum Gasteiger partial charge on any atom is 0.289 e. The van der Waals surface area contributed by atoms with E-state index in [1.54, 1.807) is 23.6 Å². The van der Waals surface area contributed by atoms with Gasteiger partial charge in [0.1, 0.15) is 16.5 Å². The highest BCUT2D eigenvalue weighted by Crippen LogP contribution is 2.31. The Balaban J connectivity index is 1.36. The number of nitrogens with zero attached hydrogens (tertiary/aromatic N) is 2. The summed E-state index contributed by atoms with van der Waals surface area (Å²) in [6, 6.07) is 5.10. The van der Waals surface area contributed by atoms with Crippen LogP contribution in [0.5, 0.6) is 5.75 Å². The Hall–Kier alpha value is -2.07. The number of hydrogen-bond donors (Lipinski definition) is 2. The van der Waals surface area contributed by atoms with Gasteiger partial charge in [-0.05, 0) is 18.6 Å². The van der Waals surface area contributed by atoms with Crippen molar-refractivity contribution >= 4 is 51.5 Å². The first-order valence-electron chi connectivity index (χ1n) is 8.99. The quantitative estimate of drug-likeness (QED) is 0.489. The van der Waals surface area contributed by atoms with E-state index < -0.39 is 5.91 Å². The van der Waals surface area contributed by atoms with Crippen molar-refractivity contribution in [3.05, 3.63) is 39.3 Å². The number of halogens is 2. The van der Waals surface area contributed by atoms with E-state index in [9.17, 15) is 9.59 Å². The van der Waals surface area contributed by atoms with E-state index in [1.807, 2.05) is 0 Å². The molecule has 1 aromatic carbocycles. The molecule has 2 N–H and O–H groups in total. The SMILES string of the molecule is O=C(CCCOc1cccc(Cl)c1Cl)NNC(=O)c1csc(N2CCOCC2)n1. The van der Waals surface area contributed by atoms with E-state index in [0.29, 0.717) is 35.4 Å². The molecule has 1 saturated heterocycles. The van der Waals surface area contributed by atoms with Crippen LogP contribution in [0.15, 0.2) is 23.6 Å². The van der Waals surface area contributed by atoms with Gasteiger partial charge in [0, 0.05) is 24.9 Å². The average molecular weight is 459 g/mol. The lowest BCUT2D eigenvalue weighted by Gasteiger charge is -2.25. The van der Waals surface area contributed by atoms with Gasteiger partial charge < -0.3 is 14.4 Å². The van der Waals surface area contributed by atoms with Crippen LogP contribution in [0.2, 0.25) is 10.0 Å². The summed E-state index contributed by atoms with van der Waals surface area (Å²) in [6.45, 7) is 3.06. The first-order valence-corrected chi connectivity index (χ1v) is 10.6. The fourth-order valence-corrected chi connectivity index (χ4v) is 3.74. The molecule has 3 rings (SSSR count). The number of morpholine rings is 1. The molecule has 0 radical (unpaired) electrons. The van der Waals surface area contributed by atoms with Crippen LogP contribution < -0.4 is 20.5 Å². The van der Waals surface area contributed by atoms with Gasteiger partial charge in [0.15, 0.2) is 5.13 Å². The van der Waals surface area contributed by atoms with Crippen molar-refractivity contribution in [3.63, 3.8) is 0 Å². The molecule has 0 unspecified atom stereocenters. The number of benzene rings is 1. The maximum absolute atomic E-state index is 12.2. The fraction of sp³-hybridized carbons (Fsp3) is 0.389. The number of ether oxygens (including phenoxy) is 2. The number of carbonyl (C=O) groups excluding carboxylic acids is 2. The smallest absolute Gasteiger partial charge is 0.289 e. The Morgan fingerprint density at radius 2 is 2.03 bits per heavy atom. The molecule has 11 heteroatoms. The molecule has 156 valence electrons. The van der Waals surface area contributed by atoms with Gasteiger partial charge in [0.05, 0.1) is 24.8 Å². The lowest BCUT2D eigenvalue weighted by Crippen LogP contribution is -2.42. The van der Waals surface area contributed by atoms with Crippen LogP contribution in [-0.2, 0) is 9.53 Å². The minimum Gasteiger partial charge on any atom is -0.492 e. The molecular weight excluding hydrogens is 439 g/mol. The minimum atomic E-state index is -0.462. The number of nitrogens with one attached hydrogen (secondary N) is 2. The van der Waals surface area contributed by atoms with Crippen LogP contribution in [0.4, 0.5) is 5.13 Å². The Morgan fingerprint density at radius 3 is 2.83 bits per heavy atom. The summed E-state index contributed by atoms with van der Waals surface area (Å²) in [7, 11) is 0. The zero-order chi connectivity index (χ0) is 20.6. The van der Waals surface area contributed by atoms with Crippen LogP contribution in [-0.4, -0.2) is 49.7 Å². The largest absolute Gasteiger partial charge is 0.492 e. The molecule has 0 atom stereocenters. The predicted octanol–water partition coefficient (Wildman–Crippen LogP) is 2.91. The lowest BCUT2D eigenvalue weighted by atomic mass is 10.3. The molecule has 0 aliphatic carbocycles. The van der Waals surface area contributed by atoms with Gasteiger partial charge in [-0.3, -0.25) is 20.4 Å². The van der Waals surface area contributed by atoms with Crippen molar-refractivity contribution in [2.24, 2.45) is 0 Å². The molecule has 1 fully saturated rings. The highest BCUT2D eigenvalue weighted by atomic mass is 35.5. The standard InChI is InChI=1S/C18H20Cl2N4O4S/c19-12-3-1-4-14(16(12)20)28-8-2-5-15(25)22-23-17(26)13-11-29-18(21-13)24-6-9-27-10-7-24/h1,3-4,11H,2,5-10H2,(H,22,25)(H,23,26). The monoisotopic (exact) mass is 458 g/mol. The van der Waals surface area contributed by atoms with E-state index in [-0.39, 0.29) is 24.6 Å². The third-order valence-electron chi connectivity index (χ3n) is 4.04. The van der Waals surface area contributed by atoms with Crippen molar-refractivity contribution in [1.29, 1.82) is 0 Å². The Labute approximate surface area is 182 Å². The first kappa shape index (κ1) is 21.6. The third-order valence-corrected chi connectivity index (χ3v) is 5.75. The topological polar surface area (TPSA) is 92.8 Å². The summed E-state index contributed by atoms with van der Waals surface area (Å²) in [4.78, 5) is 30.4. The molecular formula is C18H20Cl2N4O4S. The van der Waals surface area contributed by atoms with E-state index >= 15 is 0 Å². The highest BCUT2D eigenvalue weighted by Gasteiger charge is 2.17. The van der Waals surface area contributed by atoms with Gasteiger partial charge in [0.25, 0.3) is 5.91 Å². The number of anilines is 1. The summed E-state index contributed by atoms with van der Waals surface area (Å²) in [5.74, 6) is -0.327. The van der Waals surface area contributed by atoms with Crippen molar-refractivity contribution < 1.29 is 19.1 Å². The summed E-state index contributed by atoms with van der Waals surface area (Å²) in [6.07, 6.45) is 0.622. The van der Waals surface area contributed by atoms with E-state index in [2.05, 4.69) is 20.7 Å². The summed E-state index contributed by atoms with van der Waals surface area (Å²) in [5, 5.41) is 3.17. The second-order valence-electron chi connectivity index (χ2n) is 6.12. The van der Waals surface area contributed by atoms with Gasteiger partial charge in [-0.15, -0.1) is 11.3 Å². The summed E-state index contributed by atoms with van der Waals surface area (Å²) < 4.78 is 10.8. The molecule has 0 bridgehead atoms. The van der Waals surface area contributed by atoms with Crippen molar-refractivity contribution in [2.75, 3.05) is 37.8 Å². The molecule has 8 nitrogen and oxygen atoms in total. The second-order valence-corrected chi connectivity index (χ2v) is 7.74. The van der Waals surface area contributed by atoms with E-state index in [4.69, 9.17) is 32.7 Å². The molecule has 1 aromatic heterocycles. The van der Waals surface area contributed by atoms with Crippen LogP contribution in [0.25, 0.3) is 0 Å². The Kier molecular flexibility index (Phi) is 7.93. The third kappa shape index (κ3) is 6.20. The number of aromatic nitrogens is 1. The molecule has 1 aliphatic rings. The number of hydrogen-bond acceptors (Lipinski definition) is 7. The van der Waals surface area contributed by atoms with Crippen LogP contribution in [0.3, 0.4) is 0 Å². The van der Waals surface area contributed by atoms with Gasteiger partial charge in [0.2, 0.25) is 5.91 Å². The van der Waals surface area contributed by atoms with E-state index in [0.717, 1.165) is 18.2 Å². The maximum atomic E-state index is 12.2. The number of thiazole rings is 1. The highest BCUT2D eigenvalue weighted by molar-refractivity contribution is 7.13. The molecule has 2 amide bonds. The van der Waals surface area contributed by atoms with Crippen LogP contribution in [0.1, 0.15) is 23.3 Å². The summed E-state index contributed by atoms with van der Waals surface area (Å²) in [5.41, 5.74) is 5.01. The number of carbonyl (C=O) groups is 2. The minimum absolute atomic E-state index is 0.175. The number of amides is 2. The molecule has 1 aliphatic heterocycles. The average Bonchev–Trinajstić information content (AvgIpc) is 3.23. The Morgan fingerprint density at radius 1 is 1.24 bits per heavy atom. The van der Waals surface area contributed by atoms with Gasteiger partial charge in [-0.1, -0.05) is 29.3 Å². The molecule has 0 spiro atoms. The number of hydrazine groups is 1. The van der Waals surface area contributed by atoms with Crippen molar-refractivity contribution in [2.45, 2.75) is 12.8 Å². The van der Waals surface area contributed by atoms with Crippen molar-refractivity contribution in [3.8, 4) is 5.75 Å². The van der Waals surface area contributed by atoms with Gasteiger partial charge in [-0.2, -0.15) is 0 Å². The number of rotatable bonds is 7. The summed E-state index contributed by atoms with van der Waals surface area (Å²) >= 11 is 13.3. The molecule has 2 aromatic rings. The van der Waals surface area contributed by atoms with Gasteiger partial charge in [-0.25, -0.2) is 4.98 Å². The van der Waals surface area contributed by atoms with Crippen LogP contribution in [0, 0.1) is 0 Å². The zero-order valence-corrected chi connectivity index (χ0v) is 17.8.